The van der Waals surface area contributed by atoms with Crippen molar-refractivity contribution in [3.63, 3.8) is 0 Å². The largest absolute Gasteiger partial charge is 0.460 e. The van der Waals surface area contributed by atoms with Gasteiger partial charge in [0.05, 0.1) is 48.8 Å². The summed E-state index contributed by atoms with van der Waals surface area (Å²) in [5, 5.41) is 69.0. The average Bonchev–Trinajstić information content (AvgIpc) is 0.814. The fourth-order valence-corrected chi connectivity index (χ4v) is 20.9. The van der Waals surface area contributed by atoms with Gasteiger partial charge in [-0.15, -0.1) is 5.10 Å². The Labute approximate surface area is 793 Å². The van der Waals surface area contributed by atoms with E-state index in [9.17, 15) is 73.5 Å². The molecule has 31 heteroatoms. The lowest BCUT2D eigenvalue weighted by molar-refractivity contribution is -0.265. The molecule has 6 fully saturated rings. The van der Waals surface area contributed by atoms with Gasteiger partial charge in [-0.1, -0.05) is 142 Å². The molecule has 4 bridgehead atoms. The van der Waals surface area contributed by atoms with E-state index in [2.05, 4.69) is 15.5 Å². The zero-order valence-electron chi connectivity index (χ0n) is 83.1. The predicted octanol–water partition coefficient (Wildman–Crippen LogP) is 12.2. The predicted molar refractivity (Wildman–Crippen MR) is 501 cm³/mol. The maximum atomic E-state index is 14.5. The molecule has 5 N–H and O–H groups in total. The summed E-state index contributed by atoms with van der Waals surface area (Å²) in [6, 6.07) is -2.33. The molecule has 8 aliphatic rings. The van der Waals surface area contributed by atoms with Gasteiger partial charge in [0.15, 0.2) is 11.6 Å². The maximum absolute atomic E-state index is 14.5. The second-order valence-electron chi connectivity index (χ2n) is 40.0. The number of allylic oxidation sites excluding steroid dienone is 12. The smallest absolute Gasteiger partial charge is 0.329 e. The molecule has 6 aliphatic heterocycles. The maximum Gasteiger partial charge on any atom is 0.329 e. The van der Waals surface area contributed by atoms with E-state index in [0.717, 1.165) is 30.4 Å². The van der Waals surface area contributed by atoms with Crippen LogP contribution in [0.15, 0.2) is 102 Å². The number of esters is 2. The molecule has 1 aromatic rings. The van der Waals surface area contributed by atoms with Gasteiger partial charge in [0, 0.05) is 117 Å². The van der Waals surface area contributed by atoms with Crippen molar-refractivity contribution >= 4 is 58.5 Å². The van der Waals surface area contributed by atoms with Crippen LogP contribution in [-0.2, 0) is 95.3 Å². The summed E-state index contributed by atoms with van der Waals surface area (Å²) in [7, 11) is 9.14. The Kier molecular flexibility index (Phi) is 44.1. The Hall–Kier alpha value is -7.63. The molecule has 0 aromatic carbocycles. The minimum Gasteiger partial charge on any atom is -0.460 e. The second kappa shape index (κ2) is 53.0. The Morgan fingerprint density at radius 3 is 1.26 bits per heavy atom. The van der Waals surface area contributed by atoms with E-state index in [1.54, 1.807) is 93.1 Å². The molecule has 750 valence electrons. The molecular formula is C103H158N6O25. The number of carbonyl (C=O) groups excluding carboxylic acids is 10. The third-order valence-electron chi connectivity index (χ3n) is 29.7. The van der Waals surface area contributed by atoms with Crippen LogP contribution in [0.5, 0.6) is 0 Å². The van der Waals surface area contributed by atoms with Crippen molar-refractivity contribution in [3.8, 4) is 0 Å². The number of Topliss-reactive ketones (excluding diaryl/α,β-unsaturated/α-hetero) is 6. The highest BCUT2D eigenvalue weighted by Crippen LogP contribution is 2.43. The van der Waals surface area contributed by atoms with Crippen LogP contribution in [0.1, 0.15) is 257 Å². The molecule has 0 spiro atoms. The number of amides is 2. The number of hydrogen-bond acceptors (Lipinski definition) is 28. The lowest BCUT2D eigenvalue weighted by Gasteiger charge is -2.42. The lowest BCUT2D eigenvalue weighted by Crippen LogP contribution is -2.61. The number of rotatable bonds is 13. The number of aromatic nitrogens is 4. The first-order valence-corrected chi connectivity index (χ1v) is 49.0. The van der Waals surface area contributed by atoms with Gasteiger partial charge in [0.25, 0.3) is 23.4 Å². The Bertz CT molecular complexity index is 4310. The molecule has 2 saturated carbocycles. The van der Waals surface area contributed by atoms with Crippen LogP contribution >= 0.6 is 0 Å². The standard InChI is InChI=1S/C52H79N5O12.C51H79NO13/c1-31-16-12-11-13-17-32(2)43(65-8)28-39-21-19-37(7)52(64,69-39)49(61)50(62)56-23-15-14-18-41(56)51(63)68-44(34(4)26-38-20-22-40(45(27-38)66-9)57-30-53-54-55-57)29-42(58)33(3)25-36(6)47(60)48(67-10)46(59)35(5)24-31;1-30-16-12-11-13-17-31(2)42(61-8)28-38-21-19-36(7)51(60,65-38)48(57)49(58)52-23-15-14-18-39(52)50(59)64-43(33(4)26-37-20-22-40(53)44(27-37)62-9)29-41(54)32(3)25-35(6)46(56)47(63-10)45(55)34(5)24-30/h11-13,16-17,25,30-31,33-35,37-41,43-45,47-48,60,64H,14-15,18-24,26-29H2,1-10H3;11-13,16-17,25,30,32-34,36-40,42-44,46-47,53,56,60H,14-15,18-24,26-29H2,1-10H3/b13-11+,16-12+,32-17+,36-25+;13-11+,16-12+,31-17+,35-25+/t31-,33-,34-,35-,37-,38+,39+,40-,41+,43+,44+,45-,47-,48+,52-;30-,32-,33-,34-,36-,37+,38+,39+,40-,42+,43+,44-,46-,47+,51-/m11/s1. The van der Waals surface area contributed by atoms with Gasteiger partial charge >= 0.3 is 11.9 Å². The molecule has 9 rings (SSSR count). The molecule has 0 radical (unpaired) electrons. The number of methoxy groups -OCH3 is 6. The fraction of sp³-hybridized carbons (Fsp3) is 0.738. The summed E-state index contributed by atoms with van der Waals surface area (Å²) in [4.78, 5) is 144. The van der Waals surface area contributed by atoms with Gasteiger partial charge in [-0.3, -0.25) is 38.4 Å². The molecule has 2 aliphatic carbocycles. The van der Waals surface area contributed by atoms with Crippen molar-refractivity contribution in [2.45, 2.75) is 360 Å². The van der Waals surface area contributed by atoms with Gasteiger partial charge in [-0.05, 0) is 224 Å². The van der Waals surface area contributed by atoms with Crippen LogP contribution in [0.3, 0.4) is 0 Å². The highest BCUT2D eigenvalue weighted by Gasteiger charge is 2.56. The zero-order chi connectivity index (χ0) is 98.8. The number of aliphatic hydroxyl groups is 5. The third-order valence-corrected chi connectivity index (χ3v) is 29.7. The van der Waals surface area contributed by atoms with Crippen LogP contribution in [0, 0.1) is 71.0 Å². The minimum atomic E-state index is -2.43. The summed E-state index contributed by atoms with van der Waals surface area (Å²) in [5.41, 5.74) is 2.54. The van der Waals surface area contributed by atoms with Gasteiger partial charge in [-0.2, -0.15) is 0 Å². The van der Waals surface area contributed by atoms with Crippen molar-refractivity contribution in [3.05, 3.63) is 102 Å². The Balaban J connectivity index is 0.000000330. The van der Waals surface area contributed by atoms with Crippen LogP contribution in [-0.4, -0.2) is 273 Å². The number of aliphatic hydroxyl groups excluding tert-OH is 3. The molecule has 30 atom stereocenters. The minimum absolute atomic E-state index is 0.0170. The molecular weight excluding hydrogens is 1720 g/mol. The lowest BCUT2D eigenvalue weighted by atomic mass is 9.77. The first kappa shape index (κ1) is 112. The number of fused-ring (bicyclic) bond motifs is 6. The molecule has 7 heterocycles. The first-order chi connectivity index (χ1) is 63.6. The summed E-state index contributed by atoms with van der Waals surface area (Å²) < 4.78 is 60.9. The van der Waals surface area contributed by atoms with E-state index in [1.807, 2.05) is 116 Å². The number of ketones is 6. The highest BCUT2D eigenvalue weighted by molar-refractivity contribution is 6.39. The van der Waals surface area contributed by atoms with Gasteiger partial charge in [-0.25, -0.2) is 14.3 Å². The number of nitrogens with zero attached hydrogens (tertiary/aromatic N) is 6. The van der Waals surface area contributed by atoms with E-state index in [1.165, 1.54) is 24.0 Å². The number of cyclic esters (lactones) is 2. The van der Waals surface area contributed by atoms with Crippen molar-refractivity contribution in [2.75, 3.05) is 55.7 Å². The quantitative estimate of drug-likeness (QED) is 0.0695. The normalized spacial score (nSPS) is 39.6. The average molecular weight is 1880 g/mol. The summed E-state index contributed by atoms with van der Waals surface area (Å²) >= 11 is 0. The summed E-state index contributed by atoms with van der Waals surface area (Å²) in [6.45, 7) is 25.5. The molecule has 31 nitrogen and oxygen atoms in total. The van der Waals surface area contributed by atoms with E-state index >= 15 is 0 Å². The van der Waals surface area contributed by atoms with Gasteiger partial charge in [0.2, 0.25) is 11.6 Å². The molecule has 134 heavy (non-hydrogen) atoms. The topological polar surface area (TPSA) is 414 Å². The molecule has 1 aromatic heterocycles. The van der Waals surface area contributed by atoms with E-state index < -0.39 is 162 Å². The number of piperidine rings is 2. The highest BCUT2D eigenvalue weighted by atomic mass is 16.6. The van der Waals surface area contributed by atoms with Crippen molar-refractivity contribution < 1.29 is 121 Å². The molecule has 0 unspecified atom stereocenters. The SMILES string of the molecule is CO[C@H]1C[C@@H]2CC[C@@H](C)[C@@](O)(O2)C(=O)C(=O)N2CCCC[C@H]2C(=O)O[C@H]([C@H](C)C[C@@H]2CC[C@@H](O)[C@H](OC)C2)CC(=O)[C@H](C)/C=C(\C)[C@@H](O)[C@@H](OC)C(=O)[C@H](C)C[C@H](C)/C=C/C=C/C=C/1C.CO[C@H]1C[C@@H]2CC[C@@H](C)[C@@](O)(O2)C(=O)C(=O)N2CCCC[C@H]2C(=O)O[C@H]([C@H](C)C[C@@H]2CC[C@@H](n3cnnn3)[C@H](OC)C2)CC(=O)[C@H](C)/C=C(\C)[C@@H](O)[C@@H](OC)C(=O)[C@H](C)C[C@H](C)/C=C/C=C/C=C/1C. The Morgan fingerprint density at radius 2 is 0.873 bits per heavy atom. The number of tetrazole rings is 1. The molecule has 4 saturated heterocycles. The van der Waals surface area contributed by atoms with Crippen LogP contribution in [0.2, 0.25) is 0 Å². The van der Waals surface area contributed by atoms with Crippen molar-refractivity contribution in [2.24, 2.45) is 71.0 Å². The van der Waals surface area contributed by atoms with Crippen LogP contribution in [0.25, 0.3) is 0 Å². The van der Waals surface area contributed by atoms with Gasteiger partial charge < -0.3 is 82.7 Å². The summed E-state index contributed by atoms with van der Waals surface area (Å²) in [5.74, 6) is -15.9. The van der Waals surface area contributed by atoms with Crippen molar-refractivity contribution in [1.29, 1.82) is 0 Å². The second-order valence-corrected chi connectivity index (χ2v) is 40.0. The van der Waals surface area contributed by atoms with Crippen LogP contribution in [0.4, 0.5) is 0 Å². The van der Waals surface area contributed by atoms with Gasteiger partial charge in [0.1, 0.15) is 66.6 Å². The Morgan fingerprint density at radius 1 is 0.463 bits per heavy atom. The monoisotopic (exact) mass is 1880 g/mol. The number of ether oxygens (including phenoxy) is 10. The first-order valence-electron chi connectivity index (χ1n) is 49.0. The number of carbonyl (C=O) groups is 10. The van der Waals surface area contributed by atoms with Crippen LogP contribution < -0.4 is 0 Å². The third kappa shape index (κ3) is 30.0. The zero-order valence-corrected chi connectivity index (χ0v) is 83.1. The van der Waals surface area contributed by atoms with E-state index in [4.69, 9.17) is 47.4 Å². The van der Waals surface area contributed by atoms with E-state index in [-0.39, 0.29) is 116 Å². The summed E-state index contributed by atoms with van der Waals surface area (Å²) in [6.07, 6.45) is 25.1. The molecule has 2 amide bonds. The fourth-order valence-electron chi connectivity index (χ4n) is 20.9. The number of hydrogen-bond donors (Lipinski definition) is 5. The van der Waals surface area contributed by atoms with E-state index in [0.29, 0.717) is 120 Å². The van der Waals surface area contributed by atoms with Crippen molar-refractivity contribution in [1.82, 2.24) is 30.0 Å².